The average Bonchev–Trinajstić information content (AvgIpc) is 2.79. The Hall–Kier alpha value is -3.35. The topological polar surface area (TPSA) is 79.0 Å². The molecule has 1 fully saturated rings. The molecule has 0 bridgehead atoms. The van der Waals surface area contributed by atoms with E-state index in [9.17, 15) is 14.4 Å². The van der Waals surface area contributed by atoms with Gasteiger partial charge in [0.15, 0.2) is 0 Å². The van der Waals surface area contributed by atoms with Gasteiger partial charge in [-0.15, -0.1) is 0 Å². The highest BCUT2D eigenvalue weighted by atomic mass is 16.5. The first kappa shape index (κ1) is 20.9. The van der Waals surface area contributed by atoms with E-state index in [4.69, 9.17) is 4.74 Å². The quantitative estimate of drug-likeness (QED) is 0.741. The molecule has 1 saturated heterocycles. The SMILES string of the molecule is CCOC(=O)c1cccc(NC(=O)c2ccc3c(c2)N(CC)[C@@H]2CCCCN2C3=O)c1. The maximum Gasteiger partial charge on any atom is 0.338 e. The van der Waals surface area contributed by atoms with Crippen molar-refractivity contribution in [3.63, 3.8) is 0 Å². The van der Waals surface area contributed by atoms with Crippen molar-refractivity contribution in [1.29, 1.82) is 0 Å². The van der Waals surface area contributed by atoms with E-state index >= 15 is 0 Å². The molecule has 0 aliphatic carbocycles. The lowest BCUT2D eigenvalue weighted by atomic mass is 9.97. The molecule has 0 unspecified atom stereocenters. The maximum absolute atomic E-state index is 13.0. The van der Waals surface area contributed by atoms with Crippen LogP contribution in [0.5, 0.6) is 0 Å². The van der Waals surface area contributed by atoms with E-state index in [1.807, 2.05) is 4.90 Å². The number of anilines is 2. The van der Waals surface area contributed by atoms with Crippen molar-refractivity contribution >= 4 is 29.2 Å². The minimum Gasteiger partial charge on any atom is -0.462 e. The van der Waals surface area contributed by atoms with Crippen LogP contribution in [-0.4, -0.2) is 48.5 Å². The molecule has 2 heterocycles. The van der Waals surface area contributed by atoms with Gasteiger partial charge < -0.3 is 19.9 Å². The predicted octanol–water partition coefficient (Wildman–Crippen LogP) is 3.91. The standard InChI is InChI=1S/C24H27N3O4/c1-3-26-20-15-16(11-12-19(20)23(29)27-13-6-5-10-21(26)27)22(28)25-18-9-7-8-17(14-18)24(30)31-4-2/h7-9,11-12,14-15,21H,3-6,10,13H2,1-2H3,(H,25,28)/t21-/m0/s1. The summed E-state index contributed by atoms with van der Waals surface area (Å²) in [6.07, 6.45) is 3.12. The van der Waals surface area contributed by atoms with Crippen LogP contribution in [0.4, 0.5) is 11.4 Å². The Balaban J connectivity index is 1.59. The number of amides is 2. The Labute approximate surface area is 182 Å². The van der Waals surface area contributed by atoms with Crippen molar-refractivity contribution in [1.82, 2.24) is 4.90 Å². The van der Waals surface area contributed by atoms with E-state index in [0.717, 1.165) is 38.0 Å². The van der Waals surface area contributed by atoms with Crippen molar-refractivity contribution < 1.29 is 19.1 Å². The number of hydrogen-bond acceptors (Lipinski definition) is 5. The third-order valence-corrected chi connectivity index (χ3v) is 5.86. The van der Waals surface area contributed by atoms with E-state index in [1.165, 1.54) is 0 Å². The molecule has 0 aromatic heterocycles. The number of benzene rings is 2. The lowest BCUT2D eigenvalue weighted by Crippen LogP contribution is -2.57. The van der Waals surface area contributed by atoms with Crippen LogP contribution >= 0.6 is 0 Å². The Morgan fingerprint density at radius 2 is 1.94 bits per heavy atom. The second-order valence-electron chi connectivity index (χ2n) is 7.75. The minimum absolute atomic E-state index is 0.0403. The van der Waals surface area contributed by atoms with Crippen molar-refractivity contribution in [3.05, 3.63) is 59.2 Å². The molecule has 2 aromatic carbocycles. The molecule has 0 spiro atoms. The number of piperidine rings is 1. The summed E-state index contributed by atoms with van der Waals surface area (Å²) in [6.45, 7) is 5.64. The number of ether oxygens (including phenoxy) is 1. The second kappa shape index (κ2) is 8.79. The molecule has 31 heavy (non-hydrogen) atoms. The molecule has 0 saturated carbocycles. The summed E-state index contributed by atoms with van der Waals surface area (Å²) in [5, 5.41) is 2.84. The molecule has 2 aromatic rings. The van der Waals surface area contributed by atoms with Crippen LogP contribution in [0.3, 0.4) is 0 Å². The van der Waals surface area contributed by atoms with Crippen molar-refractivity contribution in [2.75, 3.05) is 29.9 Å². The highest BCUT2D eigenvalue weighted by Crippen LogP contribution is 2.35. The van der Waals surface area contributed by atoms with E-state index in [1.54, 1.807) is 49.4 Å². The van der Waals surface area contributed by atoms with Gasteiger partial charge in [0, 0.05) is 24.3 Å². The number of carbonyl (C=O) groups is 3. The van der Waals surface area contributed by atoms with Gasteiger partial charge in [0.1, 0.15) is 6.17 Å². The maximum atomic E-state index is 13.0. The number of carbonyl (C=O) groups excluding carboxylic acids is 3. The second-order valence-corrected chi connectivity index (χ2v) is 7.75. The summed E-state index contributed by atoms with van der Waals surface area (Å²) in [5.41, 5.74) is 2.81. The van der Waals surface area contributed by atoms with Crippen molar-refractivity contribution in [2.45, 2.75) is 39.3 Å². The van der Waals surface area contributed by atoms with Crippen LogP contribution in [0.25, 0.3) is 0 Å². The summed E-state index contributed by atoms with van der Waals surface area (Å²) in [7, 11) is 0. The van der Waals surface area contributed by atoms with Crippen LogP contribution in [-0.2, 0) is 4.74 Å². The van der Waals surface area contributed by atoms with Crippen LogP contribution in [0.15, 0.2) is 42.5 Å². The van der Waals surface area contributed by atoms with Gasteiger partial charge in [-0.25, -0.2) is 4.79 Å². The number of rotatable bonds is 5. The molecular formula is C24H27N3O4. The molecule has 4 rings (SSSR count). The third kappa shape index (κ3) is 4.00. The fraction of sp³-hybridized carbons (Fsp3) is 0.375. The fourth-order valence-corrected chi connectivity index (χ4v) is 4.40. The van der Waals surface area contributed by atoms with E-state index in [-0.39, 0.29) is 24.6 Å². The zero-order valence-corrected chi connectivity index (χ0v) is 17.9. The monoisotopic (exact) mass is 421 g/mol. The van der Waals surface area contributed by atoms with E-state index in [0.29, 0.717) is 22.4 Å². The van der Waals surface area contributed by atoms with E-state index < -0.39 is 5.97 Å². The third-order valence-electron chi connectivity index (χ3n) is 5.86. The highest BCUT2D eigenvalue weighted by molar-refractivity contribution is 6.08. The highest BCUT2D eigenvalue weighted by Gasteiger charge is 2.38. The van der Waals surface area contributed by atoms with Gasteiger partial charge in [-0.1, -0.05) is 6.07 Å². The van der Waals surface area contributed by atoms with Gasteiger partial charge >= 0.3 is 5.97 Å². The predicted molar refractivity (Wildman–Crippen MR) is 118 cm³/mol. The Morgan fingerprint density at radius 3 is 2.71 bits per heavy atom. The largest absolute Gasteiger partial charge is 0.462 e. The fourth-order valence-electron chi connectivity index (χ4n) is 4.40. The zero-order chi connectivity index (χ0) is 22.0. The first-order chi connectivity index (χ1) is 15.0. The van der Waals surface area contributed by atoms with Crippen LogP contribution < -0.4 is 10.2 Å². The first-order valence-corrected chi connectivity index (χ1v) is 10.8. The first-order valence-electron chi connectivity index (χ1n) is 10.8. The van der Waals surface area contributed by atoms with Gasteiger partial charge in [0.25, 0.3) is 11.8 Å². The molecule has 7 heteroatoms. The van der Waals surface area contributed by atoms with Gasteiger partial charge in [-0.2, -0.15) is 0 Å². The van der Waals surface area contributed by atoms with Crippen LogP contribution in [0.1, 0.15) is 64.2 Å². The van der Waals surface area contributed by atoms with Crippen molar-refractivity contribution in [2.24, 2.45) is 0 Å². The Kier molecular flexibility index (Phi) is 5.93. The normalized spacial score (nSPS) is 17.6. The number of fused-ring (bicyclic) bond motifs is 2. The molecule has 0 radical (unpaired) electrons. The van der Waals surface area contributed by atoms with Crippen LogP contribution in [0, 0.1) is 0 Å². The summed E-state index contributed by atoms with van der Waals surface area (Å²) >= 11 is 0. The number of nitrogens with one attached hydrogen (secondary N) is 1. The summed E-state index contributed by atoms with van der Waals surface area (Å²) in [4.78, 5) is 42.0. The lowest BCUT2D eigenvalue weighted by Gasteiger charge is -2.47. The average molecular weight is 421 g/mol. The molecule has 2 amide bonds. The van der Waals surface area contributed by atoms with Gasteiger partial charge in [0.05, 0.1) is 23.4 Å². The summed E-state index contributed by atoms with van der Waals surface area (Å²) < 4.78 is 5.02. The van der Waals surface area contributed by atoms with Gasteiger partial charge in [-0.3, -0.25) is 9.59 Å². The molecule has 162 valence electrons. The minimum atomic E-state index is -0.429. The summed E-state index contributed by atoms with van der Waals surface area (Å²) in [6, 6.07) is 11.9. The molecule has 1 atom stereocenters. The lowest BCUT2D eigenvalue weighted by molar-refractivity contribution is 0.0525. The number of esters is 1. The van der Waals surface area contributed by atoms with Crippen molar-refractivity contribution in [3.8, 4) is 0 Å². The Morgan fingerprint density at radius 1 is 1.10 bits per heavy atom. The summed E-state index contributed by atoms with van der Waals surface area (Å²) in [5.74, 6) is -0.682. The van der Waals surface area contributed by atoms with Gasteiger partial charge in [0.2, 0.25) is 0 Å². The van der Waals surface area contributed by atoms with E-state index in [2.05, 4.69) is 17.1 Å². The molecular weight excluding hydrogens is 394 g/mol. The molecule has 2 aliphatic rings. The van der Waals surface area contributed by atoms with Crippen LogP contribution in [0.2, 0.25) is 0 Å². The number of hydrogen-bond donors (Lipinski definition) is 1. The molecule has 1 N–H and O–H groups in total. The smallest absolute Gasteiger partial charge is 0.338 e. The molecule has 7 nitrogen and oxygen atoms in total. The zero-order valence-electron chi connectivity index (χ0n) is 17.9. The van der Waals surface area contributed by atoms with Gasteiger partial charge in [-0.05, 0) is 69.5 Å². The number of nitrogens with zero attached hydrogens (tertiary/aromatic N) is 2. The Bertz CT molecular complexity index is 1020. The molecule has 2 aliphatic heterocycles.